The van der Waals surface area contributed by atoms with Crippen molar-refractivity contribution in [2.45, 2.75) is 58.5 Å². The average Bonchev–Trinajstić information content (AvgIpc) is 2.82. The fourth-order valence-corrected chi connectivity index (χ4v) is 3.95. The first-order chi connectivity index (χ1) is 9.19. The van der Waals surface area contributed by atoms with Gasteiger partial charge in [-0.15, -0.1) is 11.3 Å². The Morgan fingerprint density at radius 1 is 1.47 bits per heavy atom. The Morgan fingerprint density at radius 3 is 3.00 bits per heavy atom. The van der Waals surface area contributed by atoms with Gasteiger partial charge in [0, 0.05) is 28.4 Å². The van der Waals surface area contributed by atoms with Crippen LogP contribution in [0.5, 0.6) is 0 Å². The van der Waals surface area contributed by atoms with Crippen LogP contribution in [0.4, 0.5) is 0 Å². The van der Waals surface area contributed by atoms with Crippen molar-refractivity contribution in [1.29, 1.82) is 0 Å². The summed E-state index contributed by atoms with van der Waals surface area (Å²) in [6.07, 6.45) is 5.13. The van der Waals surface area contributed by atoms with Crippen molar-refractivity contribution in [3.63, 3.8) is 0 Å². The van der Waals surface area contributed by atoms with Crippen molar-refractivity contribution in [2.75, 3.05) is 19.6 Å². The fraction of sp³-hybridized carbons (Fsp3) is 0.750. The summed E-state index contributed by atoms with van der Waals surface area (Å²) in [5, 5.41) is 3.69. The molecule has 0 amide bonds. The molecule has 19 heavy (non-hydrogen) atoms. The number of hydrogen-bond donors (Lipinski definition) is 1. The van der Waals surface area contributed by atoms with Crippen LogP contribution in [0.25, 0.3) is 0 Å². The van der Waals surface area contributed by atoms with E-state index in [1.165, 1.54) is 48.5 Å². The summed E-state index contributed by atoms with van der Waals surface area (Å²) in [5.74, 6) is 0. The van der Waals surface area contributed by atoms with Gasteiger partial charge in [-0.3, -0.25) is 4.90 Å². The first kappa shape index (κ1) is 15.0. The van der Waals surface area contributed by atoms with Gasteiger partial charge in [0.2, 0.25) is 0 Å². The maximum Gasteiger partial charge on any atom is 0.0195 e. The molecule has 0 aliphatic carbocycles. The van der Waals surface area contributed by atoms with E-state index in [2.05, 4.69) is 43.1 Å². The third kappa shape index (κ3) is 4.59. The number of piperidine rings is 1. The molecule has 2 atom stereocenters. The molecule has 1 saturated heterocycles. The molecule has 2 heterocycles. The summed E-state index contributed by atoms with van der Waals surface area (Å²) in [5.41, 5.74) is 0. The zero-order valence-electron chi connectivity index (χ0n) is 12.6. The topological polar surface area (TPSA) is 15.3 Å². The third-order valence-corrected chi connectivity index (χ3v) is 5.07. The van der Waals surface area contributed by atoms with Gasteiger partial charge in [-0.25, -0.2) is 0 Å². The van der Waals surface area contributed by atoms with Crippen molar-refractivity contribution in [1.82, 2.24) is 10.2 Å². The quantitative estimate of drug-likeness (QED) is 0.858. The molecule has 0 saturated carbocycles. The van der Waals surface area contributed by atoms with Gasteiger partial charge in [0.05, 0.1) is 0 Å². The molecule has 2 rings (SSSR count). The van der Waals surface area contributed by atoms with Crippen molar-refractivity contribution in [2.24, 2.45) is 0 Å². The molecule has 0 aromatic carbocycles. The zero-order chi connectivity index (χ0) is 13.7. The molecule has 3 heteroatoms. The summed E-state index contributed by atoms with van der Waals surface area (Å²) in [6.45, 7) is 10.5. The number of thiophene rings is 1. The average molecular weight is 280 g/mol. The number of nitrogens with zero attached hydrogens (tertiary/aromatic N) is 1. The largest absolute Gasteiger partial charge is 0.313 e. The lowest BCUT2D eigenvalue weighted by Gasteiger charge is -2.37. The van der Waals surface area contributed by atoms with Crippen LogP contribution in [0.3, 0.4) is 0 Å². The predicted octanol–water partition coefficient (Wildman–Crippen LogP) is 3.45. The highest BCUT2D eigenvalue weighted by molar-refractivity contribution is 7.11. The third-order valence-electron chi connectivity index (χ3n) is 4.05. The Hall–Kier alpha value is -0.380. The summed E-state index contributed by atoms with van der Waals surface area (Å²) in [7, 11) is 0. The van der Waals surface area contributed by atoms with E-state index in [9.17, 15) is 0 Å². The van der Waals surface area contributed by atoms with Gasteiger partial charge in [0.15, 0.2) is 0 Å². The fourth-order valence-electron chi connectivity index (χ4n) is 2.94. The molecule has 1 aliphatic heterocycles. The Kier molecular flexibility index (Phi) is 5.86. The van der Waals surface area contributed by atoms with Crippen LogP contribution < -0.4 is 5.32 Å². The lowest BCUT2D eigenvalue weighted by Crippen LogP contribution is -2.49. The molecule has 1 fully saturated rings. The minimum Gasteiger partial charge on any atom is -0.313 e. The number of nitrogens with one attached hydrogen (secondary N) is 1. The highest BCUT2D eigenvalue weighted by Crippen LogP contribution is 2.20. The Labute approximate surface area is 122 Å². The van der Waals surface area contributed by atoms with Crippen molar-refractivity contribution >= 4 is 11.3 Å². The minimum absolute atomic E-state index is 0.671. The molecule has 1 aromatic heterocycles. The van der Waals surface area contributed by atoms with Crippen LogP contribution in [0.15, 0.2) is 12.1 Å². The van der Waals surface area contributed by atoms with Crippen molar-refractivity contribution in [3.8, 4) is 0 Å². The number of aryl methyl sites for hydroxylation is 1. The van der Waals surface area contributed by atoms with Crippen LogP contribution in [-0.2, 0) is 6.42 Å². The molecule has 2 unspecified atom stereocenters. The molecule has 1 aromatic rings. The lowest BCUT2D eigenvalue weighted by atomic mass is 10.0. The van der Waals surface area contributed by atoms with E-state index in [1.54, 1.807) is 0 Å². The second-order valence-electron chi connectivity index (χ2n) is 5.85. The predicted molar refractivity (Wildman–Crippen MR) is 85.1 cm³/mol. The monoisotopic (exact) mass is 280 g/mol. The smallest absolute Gasteiger partial charge is 0.0195 e. The van der Waals surface area contributed by atoms with Crippen LogP contribution in [0, 0.1) is 6.92 Å². The second kappa shape index (κ2) is 7.41. The number of likely N-dealkylation sites (tertiary alicyclic amines) is 1. The van der Waals surface area contributed by atoms with E-state index in [0.29, 0.717) is 12.1 Å². The summed E-state index contributed by atoms with van der Waals surface area (Å²) in [4.78, 5) is 5.64. The van der Waals surface area contributed by atoms with Gasteiger partial charge in [-0.1, -0.05) is 6.92 Å². The normalized spacial score (nSPS) is 22.6. The van der Waals surface area contributed by atoms with Gasteiger partial charge < -0.3 is 5.32 Å². The maximum atomic E-state index is 3.69. The van der Waals surface area contributed by atoms with E-state index in [0.717, 1.165) is 6.54 Å². The van der Waals surface area contributed by atoms with E-state index in [-0.39, 0.29) is 0 Å². The Morgan fingerprint density at radius 2 is 2.32 bits per heavy atom. The molecule has 0 spiro atoms. The van der Waals surface area contributed by atoms with E-state index >= 15 is 0 Å². The molecular formula is C16H28N2S. The van der Waals surface area contributed by atoms with Crippen LogP contribution in [-0.4, -0.2) is 36.6 Å². The van der Waals surface area contributed by atoms with Crippen molar-refractivity contribution in [3.05, 3.63) is 21.9 Å². The van der Waals surface area contributed by atoms with E-state index in [4.69, 9.17) is 0 Å². The van der Waals surface area contributed by atoms with Gasteiger partial charge in [-0.05, 0) is 64.8 Å². The highest BCUT2D eigenvalue weighted by Gasteiger charge is 2.23. The maximum absolute atomic E-state index is 3.69. The summed E-state index contributed by atoms with van der Waals surface area (Å²) < 4.78 is 0. The minimum atomic E-state index is 0.671. The number of rotatable bonds is 6. The van der Waals surface area contributed by atoms with Gasteiger partial charge in [0.1, 0.15) is 0 Å². The SMILES string of the molecule is CCCNC1CCCN(C(C)Cc2ccc(C)s2)C1. The molecule has 2 nitrogen and oxygen atoms in total. The van der Waals surface area contributed by atoms with E-state index < -0.39 is 0 Å². The summed E-state index contributed by atoms with van der Waals surface area (Å²) >= 11 is 1.95. The van der Waals surface area contributed by atoms with Gasteiger partial charge in [0.25, 0.3) is 0 Å². The molecule has 108 valence electrons. The molecule has 1 N–H and O–H groups in total. The summed E-state index contributed by atoms with van der Waals surface area (Å²) in [6, 6.07) is 5.92. The standard InChI is InChI=1S/C16H28N2S/c1-4-9-17-15-6-5-10-18(12-15)13(2)11-16-8-7-14(3)19-16/h7-8,13,15,17H,4-6,9-12H2,1-3H3. The van der Waals surface area contributed by atoms with Gasteiger partial charge in [-0.2, -0.15) is 0 Å². The zero-order valence-corrected chi connectivity index (χ0v) is 13.4. The lowest BCUT2D eigenvalue weighted by molar-refractivity contribution is 0.145. The molecule has 1 aliphatic rings. The number of hydrogen-bond acceptors (Lipinski definition) is 3. The van der Waals surface area contributed by atoms with Crippen LogP contribution in [0.2, 0.25) is 0 Å². The second-order valence-corrected chi connectivity index (χ2v) is 7.23. The molecular weight excluding hydrogens is 252 g/mol. The van der Waals surface area contributed by atoms with Crippen LogP contribution >= 0.6 is 11.3 Å². The highest BCUT2D eigenvalue weighted by atomic mass is 32.1. The molecule has 0 bridgehead atoms. The first-order valence-corrected chi connectivity index (χ1v) is 8.53. The van der Waals surface area contributed by atoms with Gasteiger partial charge >= 0.3 is 0 Å². The Bertz CT molecular complexity index is 375. The molecule has 0 radical (unpaired) electrons. The Balaban J connectivity index is 1.82. The van der Waals surface area contributed by atoms with Crippen molar-refractivity contribution < 1.29 is 0 Å². The van der Waals surface area contributed by atoms with Crippen LogP contribution in [0.1, 0.15) is 42.9 Å². The first-order valence-electron chi connectivity index (χ1n) is 7.71. The van der Waals surface area contributed by atoms with E-state index in [1.807, 2.05) is 11.3 Å².